The Kier molecular flexibility index (Phi) is 7.28. The van der Waals surface area contributed by atoms with Crippen molar-refractivity contribution in [3.05, 3.63) is 0 Å². The fraction of sp³-hybridized carbons (Fsp3) is 0.882. The van der Waals surface area contributed by atoms with Gasteiger partial charge in [-0.15, -0.1) is 0 Å². The maximum atomic E-state index is 12.2. The molecule has 1 rings (SSSR count). The number of sulfone groups is 1. The van der Waals surface area contributed by atoms with E-state index in [0.29, 0.717) is 0 Å². The molecule has 146 valence electrons. The van der Waals surface area contributed by atoms with E-state index in [4.69, 9.17) is 4.74 Å². The quantitative estimate of drug-likeness (QED) is 0.716. The molecule has 0 unspecified atom stereocenters. The predicted octanol–water partition coefficient (Wildman–Crippen LogP) is 2.15. The van der Waals surface area contributed by atoms with E-state index >= 15 is 0 Å². The number of carbonyl (C=O) groups is 2. The zero-order chi connectivity index (χ0) is 19.3. The number of hydrogen-bond donors (Lipinski definition) is 2. The topological polar surface area (TPSA) is 102 Å². The van der Waals surface area contributed by atoms with E-state index in [9.17, 15) is 18.0 Å². The van der Waals surface area contributed by atoms with E-state index in [-0.39, 0.29) is 6.54 Å². The monoisotopic (exact) mass is 376 g/mol. The summed E-state index contributed by atoms with van der Waals surface area (Å²) in [5.41, 5.74) is -1.21. The summed E-state index contributed by atoms with van der Waals surface area (Å²) in [6, 6.07) is 0. The average Bonchev–Trinajstić information content (AvgIpc) is 2.67. The van der Waals surface area contributed by atoms with Gasteiger partial charge >= 0.3 is 6.09 Å². The third kappa shape index (κ3) is 7.63. The summed E-state index contributed by atoms with van der Waals surface area (Å²) in [5.74, 6) is -0.544. The minimum Gasteiger partial charge on any atom is -0.444 e. The van der Waals surface area contributed by atoms with Crippen LogP contribution < -0.4 is 10.6 Å². The maximum absolute atomic E-state index is 12.2. The molecule has 1 aliphatic carbocycles. The molecule has 0 bridgehead atoms. The van der Waals surface area contributed by atoms with Crippen molar-refractivity contribution in [2.24, 2.45) is 0 Å². The summed E-state index contributed by atoms with van der Waals surface area (Å²) in [6.45, 7) is 6.95. The number of amides is 2. The number of ether oxygens (including phenoxy) is 1. The third-order valence-corrected chi connectivity index (χ3v) is 5.94. The molecular weight excluding hydrogens is 344 g/mol. The minimum atomic E-state index is -3.45. The van der Waals surface area contributed by atoms with E-state index in [0.717, 1.165) is 44.8 Å². The van der Waals surface area contributed by atoms with Gasteiger partial charge in [0.25, 0.3) is 0 Å². The van der Waals surface area contributed by atoms with E-state index < -0.39 is 38.2 Å². The summed E-state index contributed by atoms with van der Waals surface area (Å²) in [7, 11) is -3.45. The lowest BCUT2D eigenvalue weighted by atomic mass is 9.90. The van der Waals surface area contributed by atoms with Crippen LogP contribution in [-0.2, 0) is 19.4 Å². The van der Waals surface area contributed by atoms with E-state index in [1.165, 1.54) is 6.92 Å². The highest BCUT2D eigenvalue weighted by atomic mass is 32.2. The highest BCUT2D eigenvalue weighted by Gasteiger charge is 2.35. The van der Waals surface area contributed by atoms with Gasteiger partial charge in [-0.25, -0.2) is 13.2 Å². The number of nitrogens with one attached hydrogen (secondary N) is 2. The summed E-state index contributed by atoms with van der Waals surface area (Å²) in [6.07, 6.45) is 5.99. The highest BCUT2D eigenvalue weighted by Crippen LogP contribution is 2.27. The first kappa shape index (κ1) is 21.7. The second kappa shape index (κ2) is 8.38. The summed E-state index contributed by atoms with van der Waals surface area (Å²) < 4.78 is 28.4. The Morgan fingerprint density at radius 2 is 1.64 bits per heavy atom. The molecule has 0 spiro atoms. The first-order valence-electron chi connectivity index (χ1n) is 8.82. The number of alkyl carbamates (subject to hydrolysis) is 1. The van der Waals surface area contributed by atoms with Gasteiger partial charge in [-0.3, -0.25) is 4.79 Å². The van der Waals surface area contributed by atoms with Gasteiger partial charge in [0.05, 0.1) is 5.54 Å². The Labute approximate surface area is 151 Å². The minimum absolute atomic E-state index is 0.199. The second-order valence-corrected chi connectivity index (χ2v) is 10.4. The molecule has 1 saturated carbocycles. The van der Waals surface area contributed by atoms with Crippen molar-refractivity contribution in [1.29, 1.82) is 0 Å². The predicted molar refractivity (Wildman–Crippen MR) is 97.1 cm³/mol. The number of rotatable bonds is 5. The number of hydrogen-bond acceptors (Lipinski definition) is 5. The summed E-state index contributed by atoms with van der Waals surface area (Å²) in [4.78, 5) is 24.4. The lowest BCUT2D eigenvalue weighted by Gasteiger charge is -2.35. The van der Waals surface area contributed by atoms with Gasteiger partial charge in [0.2, 0.25) is 5.91 Å². The Hall–Kier alpha value is -1.31. The molecule has 7 nitrogen and oxygen atoms in total. The standard InChI is InChI=1S/C17H32N2O5S/c1-13(25(5,22)23)14(20)18-12-17(10-8-6-7-9-11-17)19-15(21)24-16(2,3)4/h13H,6-12H2,1-5H3,(H,18,20)(H,19,21)/t13-/m0/s1. The van der Waals surface area contributed by atoms with Crippen molar-refractivity contribution in [3.63, 3.8) is 0 Å². The molecule has 0 heterocycles. The molecular formula is C17H32N2O5S. The Morgan fingerprint density at radius 3 is 2.08 bits per heavy atom. The van der Waals surface area contributed by atoms with Crippen LogP contribution in [0.5, 0.6) is 0 Å². The molecule has 0 aliphatic heterocycles. The summed E-state index contributed by atoms with van der Waals surface area (Å²) in [5, 5.41) is 4.53. The maximum Gasteiger partial charge on any atom is 0.408 e. The molecule has 0 aromatic rings. The van der Waals surface area contributed by atoms with Crippen LogP contribution in [0.3, 0.4) is 0 Å². The van der Waals surface area contributed by atoms with Crippen molar-refractivity contribution >= 4 is 21.8 Å². The lowest BCUT2D eigenvalue weighted by molar-refractivity contribution is -0.120. The normalized spacial score (nSPS) is 19.4. The Balaban J connectivity index is 2.82. The van der Waals surface area contributed by atoms with Crippen molar-refractivity contribution < 1.29 is 22.7 Å². The van der Waals surface area contributed by atoms with Gasteiger partial charge < -0.3 is 15.4 Å². The lowest BCUT2D eigenvalue weighted by Crippen LogP contribution is -2.57. The largest absolute Gasteiger partial charge is 0.444 e. The van der Waals surface area contributed by atoms with Crippen LogP contribution in [0.2, 0.25) is 0 Å². The van der Waals surface area contributed by atoms with E-state index in [1.807, 2.05) is 0 Å². The molecule has 2 N–H and O–H groups in total. The molecule has 25 heavy (non-hydrogen) atoms. The first-order chi connectivity index (χ1) is 11.3. The molecule has 1 atom stereocenters. The zero-order valence-electron chi connectivity index (χ0n) is 16.0. The van der Waals surface area contributed by atoms with Crippen LogP contribution >= 0.6 is 0 Å². The van der Waals surface area contributed by atoms with Crippen molar-refractivity contribution in [2.45, 2.75) is 82.6 Å². The molecule has 0 aromatic carbocycles. The van der Waals surface area contributed by atoms with Crippen molar-refractivity contribution in [3.8, 4) is 0 Å². The van der Waals surface area contributed by atoms with Crippen LogP contribution in [0, 0.1) is 0 Å². The first-order valence-corrected chi connectivity index (χ1v) is 10.8. The Morgan fingerprint density at radius 1 is 1.12 bits per heavy atom. The van der Waals surface area contributed by atoms with Crippen LogP contribution in [-0.4, -0.2) is 49.6 Å². The third-order valence-electron chi connectivity index (χ3n) is 4.44. The van der Waals surface area contributed by atoms with Crippen molar-refractivity contribution in [2.75, 3.05) is 12.8 Å². The molecule has 8 heteroatoms. The van der Waals surface area contributed by atoms with Gasteiger partial charge in [-0.2, -0.15) is 0 Å². The van der Waals surface area contributed by atoms with Crippen LogP contribution in [0.25, 0.3) is 0 Å². The molecule has 2 amide bonds. The summed E-state index contributed by atoms with van der Waals surface area (Å²) >= 11 is 0. The van der Waals surface area contributed by atoms with Gasteiger partial charge in [0, 0.05) is 12.8 Å². The van der Waals surface area contributed by atoms with Gasteiger partial charge in [-0.05, 0) is 40.5 Å². The Bertz CT molecular complexity index is 572. The fourth-order valence-electron chi connectivity index (χ4n) is 2.87. The number of carbonyl (C=O) groups excluding carboxylic acids is 2. The average molecular weight is 377 g/mol. The van der Waals surface area contributed by atoms with Gasteiger partial charge in [0.15, 0.2) is 9.84 Å². The van der Waals surface area contributed by atoms with E-state index in [2.05, 4.69) is 10.6 Å². The smallest absolute Gasteiger partial charge is 0.408 e. The molecule has 0 aromatic heterocycles. The molecule has 1 aliphatic rings. The van der Waals surface area contributed by atoms with E-state index in [1.54, 1.807) is 20.8 Å². The highest BCUT2D eigenvalue weighted by molar-refractivity contribution is 7.92. The SMILES string of the molecule is C[C@@H](C(=O)NCC1(NC(=O)OC(C)(C)C)CCCCCC1)S(C)(=O)=O. The second-order valence-electron chi connectivity index (χ2n) is 8.01. The molecule has 1 fully saturated rings. The van der Waals surface area contributed by atoms with Crippen LogP contribution in [0.1, 0.15) is 66.2 Å². The molecule has 0 saturated heterocycles. The van der Waals surface area contributed by atoms with Crippen molar-refractivity contribution in [1.82, 2.24) is 10.6 Å². The van der Waals surface area contributed by atoms with Crippen LogP contribution in [0.15, 0.2) is 0 Å². The zero-order valence-corrected chi connectivity index (χ0v) is 16.8. The van der Waals surface area contributed by atoms with Gasteiger partial charge in [0.1, 0.15) is 10.9 Å². The van der Waals surface area contributed by atoms with Gasteiger partial charge in [-0.1, -0.05) is 25.7 Å². The fourth-order valence-corrected chi connectivity index (χ4v) is 3.34. The molecule has 0 radical (unpaired) electrons. The van der Waals surface area contributed by atoms with Crippen LogP contribution in [0.4, 0.5) is 4.79 Å².